The Kier molecular flexibility index (Phi) is 5.97. The molecule has 0 aliphatic heterocycles. The van der Waals surface area contributed by atoms with Crippen molar-refractivity contribution in [2.45, 2.75) is 25.6 Å². The van der Waals surface area contributed by atoms with Crippen LogP contribution in [0.3, 0.4) is 0 Å². The number of aryl methyl sites for hydroxylation is 2. The maximum Gasteiger partial charge on any atom is 0.234 e. The van der Waals surface area contributed by atoms with E-state index in [2.05, 4.69) is 15.5 Å². The van der Waals surface area contributed by atoms with Gasteiger partial charge in [-0.15, -0.1) is 10.2 Å². The number of nitrogens with zero attached hydrogens (tertiary/aromatic N) is 3. The van der Waals surface area contributed by atoms with E-state index in [4.69, 9.17) is 10.6 Å². The van der Waals surface area contributed by atoms with Gasteiger partial charge in [0.1, 0.15) is 12.4 Å². The van der Waals surface area contributed by atoms with E-state index in [1.165, 1.54) is 16.4 Å². The Labute approximate surface area is 161 Å². The van der Waals surface area contributed by atoms with Crippen LogP contribution in [0, 0.1) is 13.8 Å². The Hall–Kier alpha value is -3.00. The van der Waals surface area contributed by atoms with Crippen molar-refractivity contribution in [1.29, 1.82) is 0 Å². The van der Waals surface area contributed by atoms with Gasteiger partial charge in [-0.25, -0.2) is 4.68 Å². The topological polar surface area (TPSA) is 95.1 Å². The molecule has 0 saturated heterocycles. The van der Waals surface area contributed by atoms with Crippen LogP contribution in [0.5, 0.6) is 5.75 Å². The number of ether oxygens (including phenoxy) is 1. The molecule has 0 aliphatic rings. The lowest BCUT2D eigenvalue weighted by atomic mass is 10.2. The van der Waals surface area contributed by atoms with E-state index in [0.717, 1.165) is 22.6 Å². The summed E-state index contributed by atoms with van der Waals surface area (Å²) in [5.41, 5.74) is 3.05. The van der Waals surface area contributed by atoms with Crippen molar-refractivity contribution >= 4 is 23.4 Å². The van der Waals surface area contributed by atoms with E-state index in [0.29, 0.717) is 11.0 Å². The molecule has 0 spiro atoms. The van der Waals surface area contributed by atoms with Gasteiger partial charge in [0, 0.05) is 5.69 Å². The molecule has 0 saturated carbocycles. The van der Waals surface area contributed by atoms with Crippen molar-refractivity contribution in [1.82, 2.24) is 14.9 Å². The van der Waals surface area contributed by atoms with Crippen LogP contribution in [0.4, 0.5) is 5.69 Å². The number of hydrogen-bond acceptors (Lipinski definition) is 6. The number of nitrogens with one attached hydrogen (secondary N) is 1. The van der Waals surface area contributed by atoms with Crippen LogP contribution in [0.1, 0.15) is 17.0 Å². The van der Waals surface area contributed by atoms with E-state index in [9.17, 15) is 4.79 Å². The summed E-state index contributed by atoms with van der Waals surface area (Å²) in [6.07, 6.45) is 0. The molecule has 0 bridgehead atoms. The van der Waals surface area contributed by atoms with Gasteiger partial charge in [-0.1, -0.05) is 47.2 Å². The summed E-state index contributed by atoms with van der Waals surface area (Å²) in [4.78, 5) is 12.1. The van der Waals surface area contributed by atoms with Gasteiger partial charge in [-0.05, 0) is 38.1 Å². The second-order valence-corrected chi connectivity index (χ2v) is 7.02. The molecule has 27 heavy (non-hydrogen) atoms. The van der Waals surface area contributed by atoms with Gasteiger partial charge in [0.2, 0.25) is 11.1 Å². The lowest BCUT2D eigenvalue weighted by Crippen LogP contribution is -2.18. The lowest BCUT2D eigenvalue weighted by Gasteiger charge is -2.07. The highest BCUT2D eigenvalue weighted by Crippen LogP contribution is 2.17. The number of carbonyl (C=O) groups excluding carboxylic acids is 1. The smallest absolute Gasteiger partial charge is 0.234 e. The Morgan fingerprint density at radius 2 is 1.70 bits per heavy atom. The number of carbonyl (C=O) groups is 1. The van der Waals surface area contributed by atoms with Crippen LogP contribution in [0.2, 0.25) is 0 Å². The molecule has 3 aromatic rings. The van der Waals surface area contributed by atoms with E-state index in [1.54, 1.807) is 0 Å². The van der Waals surface area contributed by atoms with Crippen molar-refractivity contribution < 1.29 is 9.53 Å². The molecule has 3 rings (SSSR count). The third-order valence-corrected chi connectivity index (χ3v) is 4.73. The Balaban J connectivity index is 1.51. The molecule has 0 atom stereocenters. The number of nitrogen functional groups attached to an aromatic ring is 1. The minimum Gasteiger partial charge on any atom is -0.486 e. The van der Waals surface area contributed by atoms with E-state index < -0.39 is 0 Å². The van der Waals surface area contributed by atoms with Crippen LogP contribution < -0.4 is 15.9 Å². The highest BCUT2D eigenvalue weighted by molar-refractivity contribution is 7.99. The summed E-state index contributed by atoms with van der Waals surface area (Å²) in [7, 11) is 0. The number of amides is 1. The Morgan fingerprint density at radius 1 is 1.07 bits per heavy atom. The molecule has 0 radical (unpaired) electrons. The first-order valence-corrected chi connectivity index (χ1v) is 9.38. The fourth-order valence-corrected chi connectivity index (χ4v) is 2.93. The molecule has 7 nitrogen and oxygen atoms in total. The monoisotopic (exact) mass is 383 g/mol. The fourth-order valence-electron chi connectivity index (χ4n) is 2.25. The van der Waals surface area contributed by atoms with Gasteiger partial charge >= 0.3 is 0 Å². The van der Waals surface area contributed by atoms with Gasteiger partial charge in [0.25, 0.3) is 0 Å². The molecular weight excluding hydrogens is 362 g/mol. The molecule has 1 heterocycles. The first-order valence-electron chi connectivity index (χ1n) is 8.39. The van der Waals surface area contributed by atoms with Gasteiger partial charge in [-0.2, -0.15) is 0 Å². The second kappa shape index (κ2) is 8.59. The van der Waals surface area contributed by atoms with Crippen molar-refractivity contribution in [3.8, 4) is 5.75 Å². The number of hydrogen-bond donors (Lipinski definition) is 2. The van der Waals surface area contributed by atoms with Gasteiger partial charge in [-0.3, -0.25) is 4.79 Å². The third kappa shape index (κ3) is 5.24. The van der Waals surface area contributed by atoms with Crippen LogP contribution in [0.15, 0.2) is 53.7 Å². The lowest BCUT2D eigenvalue weighted by molar-refractivity contribution is -0.113. The molecule has 0 fully saturated rings. The van der Waals surface area contributed by atoms with Crippen LogP contribution in [0.25, 0.3) is 0 Å². The van der Waals surface area contributed by atoms with Crippen LogP contribution in [-0.2, 0) is 11.4 Å². The summed E-state index contributed by atoms with van der Waals surface area (Å²) < 4.78 is 7.01. The zero-order chi connectivity index (χ0) is 19.2. The van der Waals surface area contributed by atoms with E-state index in [1.807, 2.05) is 62.4 Å². The Morgan fingerprint density at radius 3 is 2.37 bits per heavy atom. The van der Waals surface area contributed by atoms with Crippen molar-refractivity contribution in [2.75, 3.05) is 16.9 Å². The number of nitrogens with two attached hydrogens (primary N) is 1. The van der Waals surface area contributed by atoms with Gasteiger partial charge < -0.3 is 15.9 Å². The maximum atomic E-state index is 12.1. The standard InChI is InChI=1S/C19H21N5O2S/c1-13-3-7-15(8-4-13)21-18(25)12-27-19-23-22-17(24(19)20)11-26-16-9-5-14(2)6-10-16/h3-10H,11-12,20H2,1-2H3,(H,21,25). The normalized spacial score (nSPS) is 10.6. The summed E-state index contributed by atoms with van der Waals surface area (Å²) in [5.74, 6) is 7.27. The minimum absolute atomic E-state index is 0.135. The van der Waals surface area contributed by atoms with E-state index >= 15 is 0 Å². The maximum absolute atomic E-state index is 12.1. The van der Waals surface area contributed by atoms with Crippen molar-refractivity contribution in [3.05, 3.63) is 65.5 Å². The molecule has 140 valence electrons. The molecule has 1 aromatic heterocycles. The molecule has 2 aromatic carbocycles. The molecule has 3 N–H and O–H groups in total. The first kappa shape index (κ1) is 18.8. The zero-order valence-corrected chi connectivity index (χ0v) is 16.0. The summed E-state index contributed by atoms with van der Waals surface area (Å²) in [6, 6.07) is 15.3. The summed E-state index contributed by atoms with van der Waals surface area (Å²) in [5, 5.41) is 11.3. The fraction of sp³-hybridized carbons (Fsp3) is 0.211. The number of thioether (sulfide) groups is 1. The highest BCUT2D eigenvalue weighted by atomic mass is 32.2. The molecule has 8 heteroatoms. The quantitative estimate of drug-likeness (QED) is 0.481. The van der Waals surface area contributed by atoms with Crippen LogP contribution >= 0.6 is 11.8 Å². The average molecular weight is 383 g/mol. The number of benzene rings is 2. The molecular formula is C19H21N5O2S. The van der Waals surface area contributed by atoms with Gasteiger partial charge in [0.15, 0.2) is 5.82 Å². The van der Waals surface area contributed by atoms with Crippen molar-refractivity contribution in [2.24, 2.45) is 0 Å². The zero-order valence-electron chi connectivity index (χ0n) is 15.2. The molecule has 0 unspecified atom stereocenters. The third-order valence-electron chi connectivity index (χ3n) is 3.79. The van der Waals surface area contributed by atoms with Gasteiger partial charge in [0.05, 0.1) is 5.75 Å². The first-order chi connectivity index (χ1) is 13.0. The Bertz CT molecular complexity index is 907. The largest absolute Gasteiger partial charge is 0.486 e. The molecule has 0 aliphatic carbocycles. The minimum atomic E-state index is -0.135. The second-order valence-electron chi connectivity index (χ2n) is 6.07. The predicted octanol–water partition coefficient (Wildman–Crippen LogP) is 2.92. The summed E-state index contributed by atoms with van der Waals surface area (Å²) >= 11 is 1.22. The predicted molar refractivity (Wildman–Crippen MR) is 106 cm³/mol. The van der Waals surface area contributed by atoms with Crippen molar-refractivity contribution in [3.63, 3.8) is 0 Å². The summed E-state index contributed by atoms with van der Waals surface area (Å²) in [6.45, 7) is 4.21. The van der Waals surface area contributed by atoms with Crippen LogP contribution in [-0.4, -0.2) is 26.5 Å². The highest BCUT2D eigenvalue weighted by Gasteiger charge is 2.13. The number of rotatable bonds is 7. The molecule has 1 amide bonds. The number of anilines is 1. The average Bonchev–Trinajstić information content (AvgIpc) is 3.01. The SMILES string of the molecule is Cc1ccc(NC(=O)CSc2nnc(COc3ccc(C)cc3)n2N)cc1. The number of aromatic nitrogens is 3. The van der Waals surface area contributed by atoms with E-state index in [-0.39, 0.29) is 18.3 Å².